The molecule has 1 fully saturated rings. The van der Waals surface area contributed by atoms with Gasteiger partial charge in [-0.15, -0.1) is 0 Å². The van der Waals surface area contributed by atoms with Crippen LogP contribution in [0.4, 0.5) is 0 Å². The lowest BCUT2D eigenvalue weighted by Crippen LogP contribution is -2.33. The lowest BCUT2D eigenvalue weighted by atomic mass is 9.97. The highest BCUT2D eigenvalue weighted by Crippen LogP contribution is 2.26. The Balaban J connectivity index is 1.86. The third-order valence-electron chi connectivity index (χ3n) is 6.15. The Morgan fingerprint density at radius 1 is 0.968 bits per heavy atom. The smallest absolute Gasteiger partial charge is 0.251 e. The number of sulfonamides is 1. The van der Waals surface area contributed by atoms with Crippen molar-refractivity contribution in [2.45, 2.75) is 70.7 Å². The van der Waals surface area contributed by atoms with Crippen LogP contribution in [-0.4, -0.2) is 31.7 Å². The maximum Gasteiger partial charge on any atom is 0.251 e. The third-order valence-corrected chi connectivity index (χ3v) is 8.19. The maximum absolute atomic E-state index is 13.3. The first-order valence-electron chi connectivity index (χ1n) is 11.2. The number of amides is 1. The standard InChI is InChI=1S/C25H34N2O3S/c1-5-23(22-13-10-18(2)16-20(22)4)26-25(28)21-12-11-19(3)24(17-21)31(29,30)27-14-8-6-7-9-15-27/h10-13,16-17,23H,5-9,14-15H2,1-4H3,(H,26,28). The van der Waals surface area contributed by atoms with Crippen LogP contribution in [0.5, 0.6) is 0 Å². The molecule has 2 aromatic rings. The highest BCUT2D eigenvalue weighted by atomic mass is 32.2. The van der Waals surface area contributed by atoms with E-state index in [-0.39, 0.29) is 16.8 Å². The second-order valence-corrected chi connectivity index (χ2v) is 10.5. The largest absolute Gasteiger partial charge is 0.345 e. The molecule has 168 valence electrons. The minimum Gasteiger partial charge on any atom is -0.345 e. The molecule has 1 aliphatic rings. The molecule has 1 saturated heterocycles. The zero-order valence-electron chi connectivity index (χ0n) is 19.1. The second-order valence-electron chi connectivity index (χ2n) is 8.59. The Labute approximate surface area is 186 Å². The van der Waals surface area contributed by atoms with Crippen LogP contribution in [0.25, 0.3) is 0 Å². The molecule has 1 unspecified atom stereocenters. The molecule has 0 bridgehead atoms. The number of aryl methyl sites for hydroxylation is 3. The summed E-state index contributed by atoms with van der Waals surface area (Å²) >= 11 is 0. The van der Waals surface area contributed by atoms with Crippen LogP contribution in [0.2, 0.25) is 0 Å². The first-order valence-corrected chi connectivity index (χ1v) is 12.7. The van der Waals surface area contributed by atoms with Crippen molar-refractivity contribution >= 4 is 15.9 Å². The molecule has 0 saturated carbocycles. The van der Waals surface area contributed by atoms with Crippen molar-refractivity contribution in [1.29, 1.82) is 0 Å². The van der Waals surface area contributed by atoms with Crippen LogP contribution in [-0.2, 0) is 10.0 Å². The van der Waals surface area contributed by atoms with Crippen LogP contribution < -0.4 is 5.32 Å². The van der Waals surface area contributed by atoms with Crippen molar-refractivity contribution in [3.63, 3.8) is 0 Å². The molecule has 3 rings (SSSR count). The van der Waals surface area contributed by atoms with Gasteiger partial charge in [-0.25, -0.2) is 8.42 Å². The molecule has 0 radical (unpaired) electrons. The van der Waals surface area contributed by atoms with Gasteiger partial charge >= 0.3 is 0 Å². The molecule has 5 nitrogen and oxygen atoms in total. The molecule has 0 aromatic heterocycles. The molecule has 1 N–H and O–H groups in total. The predicted molar refractivity (Wildman–Crippen MR) is 125 cm³/mol. The van der Waals surface area contributed by atoms with E-state index in [1.54, 1.807) is 29.4 Å². The summed E-state index contributed by atoms with van der Waals surface area (Å²) in [6.45, 7) is 9.01. The van der Waals surface area contributed by atoms with Crippen molar-refractivity contribution in [3.05, 3.63) is 64.2 Å². The number of hydrogen-bond donors (Lipinski definition) is 1. The minimum atomic E-state index is -3.62. The average Bonchev–Trinajstić information content (AvgIpc) is 3.02. The van der Waals surface area contributed by atoms with Crippen molar-refractivity contribution in [1.82, 2.24) is 9.62 Å². The maximum atomic E-state index is 13.3. The van der Waals surface area contributed by atoms with Gasteiger partial charge in [0.1, 0.15) is 0 Å². The lowest BCUT2D eigenvalue weighted by Gasteiger charge is -2.22. The summed E-state index contributed by atoms with van der Waals surface area (Å²) < 4.78 is 28.2. The number of benzene rings is 2. The van der Waals surface area contributed by atoms with E-state index < -0.39 is 10.0 Å². The minimum absolute atomic E-state index is 0.125. The first-order chi connectivity index (χ1) is 14.7. The number of hydrogen-bond acceptors (Lipinski definition) is 3. The van der Waals surface area contributed by atoms with E-state index in [1.807, 2.05) is 6.92 Å². The lowest BCUT2D eigenvalue weighted by molar-refractivity contribution is 0.0935. The fraction of sp³-hybridized carbons (Fsp3) is 0.480. The molecule has 1 atom stereocenters. The Morgan fingerprint density at radius 2 is 1.65 bits per heavy atom. The van der Waals surface area contributed by atoms with E-state index in [4.69, 9.17) is 0 Å². The second kappa shape index (κ2) is 9.96. The summed E-state index contributed by atoms with van der Waals surface area (Å²) in [5.74, 6) is -0.251. The van der Waals surface area contributed by atoms with Crippen LogP contribution in [0.3, 0.4) is 0 Å². The molecule has 1 amide bonds. The van der Waals surface area contributed by atoms with Crippen molar-refractivity contribution in [3.8, 4) is 0 Å². The Kier molecular flexibility index (Phi) is 7.55. The number of nitrogens with one attached hydrogen (secondary N) is 1. The van der Waals surface area contributed by atoms with Gasteiger partial charge in [-0.1, -0.05) is 49.6 Å². The van der Waals surface area contributed by atoms with E-state index in [9.17, 15) is 13.2 Å². The quantitative estimate of drug-likeness (QED) is 0.680. The van der Waals surface area contributed by atoms with Crippen LogP contribution in [0.1, 0.15) is 77.7 Å². The highest BCUT2D eigenvalue weighted by Gasteiger charge is 2.28. The normalized spacial score (nSPS) is 16.5. The first kappa shape index (κ1) is 23.5. The van der Waals surface area contributed by atoms with E-state index in [0.29, 0.717) is 24.2 Å². The molecule has 6 heteroatoms. The van der Waals surface area contributed by atoms with Crippen LogP contribution in [0, 0.1) is 20.8 Å². The monoisotopic (exact) mass is 442 g/mol. The van der Waals surface area contributed by atoms with Gasteiger partial charge in [0.25, 0.3) is 5.91 Å². The van der Waals surface area contributed by atoms with Crippen molar-refractivity contribution in [2.24, 2.45) is 0 Å². The van der Waals surface area contributed by atoms with Gasteiger partial charge in [0.05, 0.1) is 10.9 Å². The summed E-state index contributed by atoms with van der Waals surface area (Å²) in [5, 5.41) is 3.10. The van der Waals surface area contributed by atoms with Gasteiger partial charge in [-0.3, -0.25) is 4.79 Å². The van der Waals surface area contributed by atoms with Gasteiger partial charge in [-0.2, -0.15) is 4.31 Å². The molecule has 2 aromatic carbocycles. The molecule has 0 aliphatic carbocycles. The summed E-state index contributed by atoms with van der Waals surface area (Å²) in [4.78, 5) is 13.3. The van der Waals surface area contributed by atoms with Crippen molar-refractivity contribution in [2.75, 3.05) is 13.1 Å². The van der Waals surface area contributed by atoms with Gasteiger partial charge in [-0.05, 0) is 68.9 Å². The van der Waals surface area contributed by atoms with Gasteiger partial charge < -0.3 is 5.32 Å². The molecular formula is C25H34N2O3S. The topological polar surface area (TPSA) is 66.5 Å². The van der Waals surface area contributed by atoms with Crippen LogP contribution >= 0.6 is 0 Å². The molecule has 1 heterocycles. The van der Waals surface area contributed by atoms with E-state index in [2.05, 4.69) is 37.4 Å². The fourth-order valence-corrected chi connectivity index (χ4v) is 6.07. The number of carbonyl (C=O) groups excluding carboxylic acids is 1. The van der Waals surface area contributed by atoms with Gasteiger partial charge in [0.2, 0.25) is 10.0 Å². The van der Waals surface area contributed by atoms with Gasteiger partial charge in [0.15, 0.2) is 0 Å². The predicted octanol–water partition coefficient (Wildman–Crippen LogP) is 5.06. The number of rotatable bonds is 6. The Bertz CT molecular complexity index is 1040. The van der Waals surface area contributed by atoms with Gasteiger partial charge in [0, 0.05) is 18.7 Å². The molecule has 1 aliphatic heterocycles. The summed E-state index contributed by atoms with van der Waals surface area (Å²) in [6, 6.07) is 11.1. The van der Waals surface area contributed by atoms with E-state index >= 15 is 0 Å². The number of carbonyl (C=O) groups is 1. The highest BCUT2D eigenvalue weighted by molar-refractivity contribution is 7.89. The molecule has 0 spiro atoms. The summed E-state index contributed by atoms with van der Waals surface area (Å²) in [6.07, 6.45) is 4.63. The number of nitrogens with zero attached hydrogens (tertiary/aromatic N) is 1. The van der Waals surface area contributed by atoms with E-state index in [0.717, 1.165) is 43.2 Å². The average molecular weight is 443 g/mol. The Morgan fingerprint density at radius 3 is 2.26 bits per heavy atom. The summed E-state index contributed by atoms with van der Waals surface area (Å²) in [7, 11) is -3.62. The SMILES string of the molecule is CCC(NC(=O)c1ccc(C)c(S(=O)(=O)N2CCCCCC2)c1)c1ccc(C)cc1C. The van der Waals surface area contributed by atoms with E-state index in [1.165, 1.54) is 5.56 Å². The zero-order chi connectivity index (χ0) is 22.6. The zero-order valence-corrected chi connectivity index (χ0v) is 19.9. The Hall–Kier alpha value is -2.18. The van der Waals surface area contributed by atoms with Crippen LogP contribution in [0.15, 0.2) is 41.3 Å². The molecule has 31 heavy (non-hydrogen) atoms. The van der Waals surface area contributed by atoms with Crippen molar-refractivity contribution < 1.29 is 13.2 Å². The third kappa shape index (κ3) is 5.36. The summed E-state index contributed by atoms with van der Waals surface area (Å²) in [5.41, 5.74) is 4.46. The molecular weight excluding hydrogens is 408 g/mol. The fourth-order valence-electron chi connectivity index (χ4n) is 4.30.